The van der Waals surface area contributed by atoms with E-state index in [0.29, 0.717) is 18.3 Å². The quantitative estimate of drug-likeness (QED) is 0.319. The van der Waals surface area contributed by atoms with Crippen LogP contribution in [0.15, 0.2) is 67.0 Å². The zero-order valence-corrected chi connectivity index (χ0v) is 22.4. The van der Waals surface area contributed by atoms with Crippen LogP contribution in [0, 0.1) is 0 Å². The molecule has 200 valence electrons. The van der Waals surface area contributed by atoms with Crippen molar-refractivity contribution in [1.82, 2.24) is 25.1 Å². The Morgan fingerprint density at radius 1 is 0.974 bits per heavy atom. The number of carbonyl (C=O) groups is 1. The lowest BCUT2D eigenvalue weighted by molar-refractivity contribution is 0.0995. The van der Waals surface area contributed by atoms with Gasteiger partial charge < -0.3 is 21.3 Å². The molecule has 2 aromatic carbocycles. The molecule has 0 saturated carbocycles. The van der Waals surface area contributed by atoms with Gasteiger partial charge in [-0.2, -0.15) is 4.98 Å². The van der Waals surface area contributed by atoms with Gasteiger partial charge in [-0.05, 0) is 66.3 Å². The van der Waals surface area contributed by atoms with Gasteiger partial charge in [-0.1, -0.05) is 32.9 Å². The van der Waals surface area contributed by atoms with Gasteiger partial charge in [0.15, 0.2) is 17.3 Å². The summed E-state index contributed by atoms with van der Waals surface area (Å²) in [4.78, 5) is 27.4. The van der Waals surface area contributed by atoms with Crippen LogP contribution in [0.1, 0.15) is 49.7 Å². The van der Waals surface area contributed by atoms with Gasteiger partial charge in [-0.3, -0.25) is 4.79 Å². The summed E-state index contributed by atoms with van der Waals surface area (Å²) >= 11 is 0. The lowest BCUT2D eigenvalue weighted by Crippen LogP contribution is -2.43. The van der Waals surface area contributed by atoms with Crippen LogP contribution < -0.4 is 21.3 Å². The van der Waals surface area contributed by atoms with Crippen molar-refractivity contribution in [3.05, 3.63) is 78.2 Å². The van der Waals surface area contributed by atoms with Crippen LogP contribution in [-0.2, 0) is 5.41 Å². The fraction of sp³-hybridized carbons (Fsp3) is 0.310. The number of nitrogens with two attached hydrogens (primary N) is 1. The molecule has 0 aliphatic carbocycles. The number of anilines is 4. The maximum Gasteiger partial charge on any atom is 0.273 e. The summed E-state index contributed by atoms with van der Waals surface area (Å²) in [7, 11) is 0. The van der Waals surface area contributed by atoms with Crippen LogP contribution in [0.2, 0.25) is 0 Å². The van der Waals surface area contributed by atoms with E-state index in [1.54, 1.807) is 18.5 Å². The Labute approximate surface area is 228 Å². The van der Waals surface area contributed by atoms with Crippen molar-refractivity contribution in [2.24, 2.45) is 5.73 Å². The zero-order chi connectivity index (χ0) is 27.4. The summed E-state index contributed by atoms with van der Waals surface area (Å²) < 4.78 is 0. The van der Waals surface area contributed by atoms with Gasteiger partial charge in [-0.15, -0.1) is 10.2 Å². The molecule has 0 radical (unpaired) electrons. The molecule has 1 saturated heterocycles. The summed E-state index contributed by atoms with van der Waals surface area (Å²) in [6, 6.07) is 18.1. The van der Waals surface area contributed by atoms with Crippen molar-refractivity contribution in [3.8, 4) is 11.4 Å². The fourth-order valence-corrected chi connectivity index (χ4v) is 4.57. The number of amides is 1. The molecule has 3 heterocycles. The third kappa shape index (κ3) is 6.28. The third-order valence-corrected chi connectivity index (χ3v) is 6.71. The van der Waals surface area contributed by atoms with Crippen LogP contribution in [0.4, 0.5) is 23.1 Å². The number of hydrogen-bond acceptors (Lipinski definition) is 9. The van der Waals surface area contributed by atoms with E-state index in [-0.39, 0.29) is 23.0 Å². The van der Waals surface area contributed by atoms with Crippen molar-refractivity contribution in [2.45, 2.75) is 45.1 Å². The number of carbonyl (C=O) groups excluding carboxylic acids is 1. The van der Waals surface area contributed by atoms with Crippen LogP contribution in [0.25, 0.3) is 11.4 Å². The summed E-state index contributed by atoms with van der Waals surface area (Å²) in [5.74, 6) is 0.650. The van der Waals surface area contributed by atoms with E-state index < -0.39 is 5.91 Å². The van der Waals surface area contributed by atoms with Gasteiger partial charge >= 0.3 is 0 Å². The Morgan fingerprint density at radius 2 is 1.67 bits per heavy atom. The Hall–Kier alpha value is -4.60. The zero-order valence-electron chi connectivity index (χ0n) is 22.4. The van der Waals surface area contributed by atoms with Gasteiger partial charge in [0, 0.05) is 48.5 Å². The molecular weight excluding hydrogens is 490 g/mol. The summed E-state index contributed by atoms with van der Waals surface area (Å²) in [6.45, 7) is 8.14. The Morgan fingerprint density at radius 3 is 2.33 bits per heavy atom. The van der Waals surface area contributed by atoms with Crippen molar-refractivity contribution in [3.63, 3.8) is 0 Å². The van der Waals surface area contributed by atoms with Crippen LogP contribution >= 0.6 is 0 Å². The molecular formula is C29H33N9O. The highest BCUT2D eigenvalue weighted by Crippen LogP contribution is 2.26. The lowest BCUT2D eigenvalue weighted by atomic mass is 9.87. The van der Waals surface area contributed by atoms with E-state index in [2.05, 4.69) is 85.7 Å². The van der Waals surface area contributed by atoms with Crippen molar-refractivity contribution < 1.29 is 4.79 Å². The largest absolute Gasteiger partial charge is 0.381 e. The predicted molar refractivity (Wildman–Crippen MR) is 153 cm³/mol. The highest BCUT2D eigenvalue weighted by atomic mass is 16.1. The first-order valence-corrected chi connectivity index (χ1v) is 13.1. The minimum atomic E-state index is -0.699. The maximum atomic E-state index is 12.1. The van der Waals surface area contributed by atoms with E-state index in [4.69, 9.17) is 5.73 Å². The summed E-state index contributed by atoms with van der Waals surface area (Å²) in [6.07, 6.45) is 5.41. The highest BCUT2D eigenvalue weighted by molar-refractivity contribution is 5.96. The van der Waals surface area contributed by atoms with Crippen molar-refractivity contribution in [1.29, 1.82) is 0 Å². The molecule has 39 heavy (non-hydrogen) atoms. The first-order valence-electron chi connectivity index (χ1n) is 13.1. The second kappa shape index (κ2) is 11.0. The molecule has 4 N–H and O–H groups in total. The molecule has 4 aromatic rings. The molecule has 1 atom stereocenters. The number of aromatic nitrogens is 5. The van der Waals surface area contributed by atoms with Crippen molar-refractivity contribution >= 4 is 29.0 Å². The lowest BCUT2D eigenvalue weighted by Gasteiger charge is -2.33. The smallest absolute Gasteiger partial charge is 0.273 e. The molecule has 5 rings (SSSR count). The number of rotatable bonds is 7. The number of primary amides is 1. The van der Waals surface area contributed by atoms with Gasteiger partial charge in [0.1, 0.15) is 0 Å². The van der Waals surface area contributed by atoms with Gasteiger partial charge in [-0.25, -0.2) is 9.97 Å². The Kier molecular flexibility index (Phi) is 7.36. The second-order valence-corrected chi connectivity index (χ2v) is 10.7. The van der Waals surface area contributed by atoms with E-state index >= 15 is 0 Å². The summed E-state index contributed by atoms with van der Waals surface area (Å²) in [5.41, 5.74) is 9.67. The minimum absolute atomic E-state index is 0.0140. The van der Waals surface area contributed by atoms with Gasteiger partial charge in [0.05, 0.1) is 0 Å². The first-order chi connectivity index (χ1) is 18.8. The van der Waals surface area contributed by atoms with Gasteiger partial charge in [0.2, 0.25) is 5.95 Å². The number of nitrogens with zero attached hydrogens (tertiary/aromatic N) is 6. The molecule has 1 aliphatic rings. The Balaban J connectivity index is 1.31. The molecule has 1 amide bonds. The predicted octanol–water partition coefficient (Wildman–Crippen LogP) is 4.55. The third-order valence-electron chi connectivity index (χ3n) is 6.71. The number of piperidine rings is 1. The van der Waals surface area contributed by atoms with E-state index in [9.17, 15) is 4.79 Å². The van der Waals surface area contributed by atoms with E-state index in [0.717, 1.165) is 36.3 Å². The molecule has 0 bridgehead atoms. The topological polar surface area (TPSA) is 135 Å². The van der Waals surface area contributed by atoms with Crippen LogP contribution in [-0.4, -0.2) is 50.2 Å². The fourth-order valence-electron chi connectivity index (χ4n) is 4.57. The highest BCUT2D eigenvalue weighted by Gasteiger charge is 2.24. The SMILES string of the molecule is CC(C)(C)c1ccc(N[C@@H]2CCCN(c3nnc(C(N)=O)c(Nc4ccc(-c5ncccn5)cc4)n3)C2)cc1. The van der Waals surface area contributed by atoms with Crippen LogP contribution in [0.5, 0.6) is 0 Å². The maximum absolute atomic E-state index is 12.1. The molecule has 1 aliphatic heterocycles. The summed E-state index contributed by atoms with van der Waals surface area (Å²) in [5, 5.41) is 15.2. The first kappa shape index (κ1) is 26.0. The molecule has 10 heteroatoms. The molecule has 0 spiro atoms. The molecule has 1 fully saturated rings. The number of nitrogens with one attached hydrogen (secondary N) is 2. The monoisotopic (exact) mass is 523 g/mol. The Bertz CT molecular complexity index is 1420. The van der Waals surface area contributed by atoms with Crippen molar-refractivity contribution in [2.75, 3.05) is 28.6 Å². The minimum Gasteiger partial charge on any atom is -0.381 e. The number of hydrogen-bond donors (Lipinski definition) is 3. The number of benzene rings is 2. The molecule has 10 nitrogen and oxygen atoms in total. The normalized spacial score (nSPS) is 15.6. The average Bonchev–Trinajstić information content (AvgIpc) is 2.94. The molecule has 0 unspecified atom stereocenters. The average molecular weight is 524 g/mol. The standard InChI is InChI=1S/C29H33N9O/c1-29(2,3)20-9-13-21(14-10-20)33-23-6-4-17-38(18-23)28-35-27(24(25(30)39)36-37-28)34-22-11-7-19(8-12-22)26-31-15-5-16-32-26/h5,7-16,23,33H,4,6,17-18H2,1-3H3,(H2,30,39)(H,34,35,37)/t23-/m1/s1. The van der Waals surface area contributed by atoms with Crippen LogP contribution in [0.3, 0.4) is 0 Å². The van der Waals surface area contributed by atoms with E-state index in [1.165, 1.54) is 5.56 Å². The molecule has 2 aromatic heterocycles. The van der Waals surface area contributed by atoms with Gasteiger partial charge in [0.25, 0.3) is 5.91 Å². The second-order valence-electron chi connectivity index (χ2n) is 10.7. The van der Waals surface area contributed by atoms with E-state index in [1.807, 2.05) is 24.3 Å².